The predicted octanol–water partition coefficient (Wildman–Crippen LogP) is 2.84. The van der Waals surface area contributed by atoms with E-state index in [1.807, 2.05) is 20.1 Å². The number of hydrogen-bond acceptors (Lipinski definition) is 3. The molecular formula is C13H27NO2S. The predicted molar refractivity (Wildman–Crippen MR) is 75.5 cm³/mol. The van der Waals surface area contributed by atoms with E-state index in [4.69, 9.17) is 4.74 Å². The van der Waals surface area contributed by atoms with Gasteiger partial charge in [0.25, 0.3) is 0 Å². The van der Waals surface area contributed by atoms with Crippen LogP contribution in [-0.4, -0.2) is 35.7 Å². The number of carbonyl (C=O) groups is 1. The first kappa shape index (κ1) is 16.8. The standard InChI is InChI=1S/C13H27NO2S/c1-7-13(4,5)16-9-8-12(2,3)14-11(15)10-17-6/h7-10H2,1-6H3,(H,14,15). The van der Waals surface area contributed by atoms with Gasteiger partial charge in [0.1, 0.15) is 0 Å². The lowest BCUT2D eigenvalue weighted by atomic mass is 10.0. The van der Waals surface area contributed by atoms with Crippen LogP contribution in [0.2, 0.25) is 0 Å². The van der Waals surface area contributed by atoms with Gasteiger partial charge in [-0.15, -0.1) is 0 Å². The molecule has 0 radical (unpaired) electrons. The zero-order chi connectivity index (χ0) is 13.5. The smallest absolute Gasteiger partial charge is 0.230 e. The number of carbonyl (C=O) groups excluding carboxylic acids is 1. The van der Waals surface area contributed by atoms with Crippen LogP contribution in [0.3, 0.4) is 0 Å². The lowest BCUT2D eigenvalue weighted by Gasteiger charge is -2.29. The van der Waals surface area contributed by atoms with Crippen molar-refractivity contribution in [3.8, 4) is 0 Å². The second-order valence-electron chi connectivity index (χ2n) is 5.58. The van der Waals surface area contributed by atoms with Gasteiger partial charge in [0.2, 0.25) is 5.91 Å². The fourth-order valence-corrected chi connectivity index (χ4v) is 1.63. The highest BCUT2D eigenvalue weighted by Gasteiger charge is 2.22. The summed E-state index contributed by atoms with van der Waals surface area (Å²) in [6.07, 6.45) is 3.75. The van der Waals surface area contributed by atoms with Crippen LogP contribution in [0.4, 0.5) is 0 Å². The number of ether oxygens (including phenoxy) is 1. The Labute approximate surface area is 110 Å². The second-order valence-corrected chi connectivity index (χ2v) is 6.44. The minimum atomic E-state index is -0.198. The third-order valence-corrected chi connectivity index (χ3v) is 3.38. The number of nitrogens with one attached hydrogen (secondary N) is 1. The quantitative estimate of drug-likeness (QED) is 0.730. The molecule has 0 saturated heterocycles. The van der Waals surface area contributed by atoms with Gasteiger partial charge < -0.3 is 10.1 Å². The van der Waals surface area contributed by atoms with Crippen molar-refractivity contribution in [2.45, 2.75) is 58.6 Å². The van der Waals surface area contributed by atoms with Gasteiger partial charge in [-0.2, -0.15) is 11.8 Å². The summed E-state index contributed by atoms with van der Waals surface area (Å²) in [7, 11) is 0. The highest BCUT2D eigenvalue weighted by Crippen LogP contribution is 2.16. The number of hydrogen-bond donors (Lipinski definition) is 1. The van der Waals surface area contributed by atoms with Crippen LogP contribution in [0.25, 0.3) is 0 Å². The normalized spacial score (nSPS) is 12.6. The van der Waals surface area contributed by atoms with Crippen LogP contribution < -0.4 is 5.32 Å². The van der Waals surface area contributed by atoms with E-state index in [1.54, 1.807) is 0 Å². The van der Waals surface area contributed by atoms with E-state index in [-0.39, 0.29) is 17.0 Å². The van der Waals surface area contributed by atoms with E-state index < -0.39 is 0 Å². The van der Waals surface area contributed by atoms with E-state index >= 15 is 0 Å². The Hall–Kier alpha value is -0.220. The molecule has 0 atom stereocenters. The number of thioether (sulfide) groups is 1. The van der Waals surface area contributed by atoms with E-state index in [2.05, 4.69) is 26.1 Å². The molecule has 0 aromatic rings. The molecule has 0 spiro atoms. The zero-order valence-electron chi connectivity index (χ0n) is 12.1. The highest BCUT2D eigenvalue weighted by atomic mass is 32.2. The molecule has 3 nitrogen and oxygen atoms in total. The Morgan fingerprint density at radius 1 is 1.29 bits per heavy atom. The Balaban J connectivity index is 3.97. The molecule has 102 valence electrons. The van der Waals surface area contributed by atoms with E-state index in [0.717, 1.165) is 12.8 Å². The molecule has 0 heterocycles. The third kappa shape index (κ3) is 8.50. The van der Waals surface area contributed by atoms with Crippen molar-refractivity contribution in [1.29, 1.82) is 0 Å². The molecule has 1 N–H and O–H groups in total. The summed E-state index contributed by atoms with van der Waals surface area (Å²) in [5, 5.41) is 3.02. The Morgan fingerprint density at radius 3 is 2.35 bits per heavy atom. The molecule has 4 heteroatoms. The minimum absolute atomic E-state index is 0.0701. The molecule has 0 aromatic heterocycles. The van der Waals surface area contributed by atoms with Crippen molar-refractivity contribution >= 4 is 17.7 Å². The Morgan fingerprint density at radius 2 is 1.88 bits per heavy atom. The van der Waals surface area contributed by atoms with Crippen molar-refractivity contribution in [3.63, 3.8) is 0 Å². The molecular weight excluding hydrogens is 234 g/mol. The topological polar surface area (TPSA) is 38.3 Å². The summed E-state index contributed by atoms with van der Waals surface area (Å²) < 4.78 is 5.80. The van der Waals surface area contributed by atoms with Crippen LogP contribution in [0.1, 0.15) is 47.5 Å². The van der Waals surface area contributed by atoms with Crippen molar-refractivity contribution in [3.05, 3.63) is 0 Å². The third-order valence-electron chi connectivity index (χ3n) is 2.82. The van der Waals surface area contributed by atoms with Crippen LogP contribution in [0.15, 0.2) is 0 Å². The van der Waals surface area contributed by atoms with Crippen LogP contribution in [0, 0.1) is 0 Å². The maximum absolute atomic E-state index is 11.5. The maximum Gasteiger partial charge on any atom is 0.230 e. The molecule has 0 aliphatic rings. The summed E-state index contributed by atoms with van der Waals surface area (Å²) in [5.41, 5.74) is -0.268. The second kappa shape index (κ2) is 7.27. The average molecular weight is 261 g/mol. The zero-order valence-corrected chi connectivity index (χ0v) is 12.9. The lowest BCUT2D eigenvalue weighted by Crippen LogP contribution is -2.45. The van der Waals surface area contributed by atoms with Crippen molar-refractivity contribution < 1.29 is 9.53 Å². The molecule has 0 saturated carbocycles. The largest absolute Gasteiger partial charge is 0.375 e. The number of amides is 1. The average Bonchev–Trinajstić information content (AvgIpc) is 2.16. The number of rotatable bonds is 8. The van der Waals surface area contributed by atoms with Gasteiger partial charge in [-0.1, -0.05) is 6.92 Å². The van der Waals surface area contributed by atoms with Gasteiger partial charge in [0, 0.05) is 12.1 Å². The van der Waals surface area contributed by atoms with Crippen molar-refractivity contribution in [2.24, 2.45) is 0 Å². The summed E-state index contributed by atoms with van der Waals surface area (Å²) in [6.45, 7) is 11.0. The molecule has 0 rings (SSSR count). The molecule has 0 unspecified atom stereocenters. The highest BCUT2D eigenvalue weighted by molar-refractivity contribution is 7.99. The fourth-order valence-electron chi connectivity index (χ4n) is 1.29. The monoisotopic (exact) mass is 261 g/mol. The fraction of sp³-hybridized carbons (Fsp3) is 0.923. The molecule has 0 aromatic carbocycles. The van der Waals surface area contributed by atoms with Crippen LogP contribution in [-0.2, 0) is 9.53 Å². The van der Waals surface area contributed by atoms with Crippen molar-refractivity contribution in [2.75, 3.05) is 18.6 Å². The summed E-state index contributed by atoms with van der Waals surface area (Å²) >= 11 is 1.54. The Bertz CT molecular complexity index is 240. The van der Waals surface area contributed by atoms with Gasteiger partial charge in [-0.3, -0.25) is 4.79 Å². The maximum atomic E-state index is 11.5. The lowest BCUT2D eigenvalue weighted by molar-refractivity contribution is -0.120. The first-order valence-corrected chi connectivity index (χ1v) is 7.56. The summed E-state index contributed by atoms with van der Waals surface area (Å²) in [6, 6.07) is 0. The van der Waals surface area contributed by atoms with Crippen LogP contribution >= 0.6 is 11.8 Å². The van der Waals surface area contributed by atoms with Crippen LogP contribution in [0.5, 0.6) is 0 Å². The molecule has 1 amide bonds. The molecule has 0 fully saturated rings. The van der Waals surface area contributed by atoms with E-state index in [1.165, 1.54) is 11.8 Å². The van der Waals surface area contributed by atoms with Crippen molar-refractivity contribution in [1.82, 2.24) is 5.32 Å². The molecule has 0 aliphatic carbocycles. The summed E-state index contributed by atoms with van der Waals surface area (Å²) in [5.74, 6) is 0.613. The van der Waals surface area contributed by atoms with Gasteiger partial charge in [0.15, 0.2) is 0 Å². The van der Waals surface area contributed by atoms with E-state index in [0.29, 0.717) is 12.4 Å². The SMILES string of the molecule is CCC(C)(C)OCCC(C)(C)NC(=O)CSC. The molecule has 0 aliphatic heterocycles. The summed E-state index contributed by atoms with van der Waals surface area (Å²) in [4.78, 5) is 11.5. The molecule has 0 bridgehead atoms. The van der Waals surface area contributed by atoms with Gasteiger partial charge in [-0.05, 0) is 46.8 Å². The van der Waals surface area contributed by atoms with E-state index in [9.17, 15) is 4.79 Å². The first-order valence-electron chi connectivity index (χ1n) is 6.16. The first-order chi connectivity index (χ1) is 7.72. The van der Waals surface area contributed by atoms with Gasteiger partial charge in [-0.25, -0.2) is 0 Å². The van der Waals surface area contributed by atoms with Gasteiger partial charge in [0.05, 0.1) is 11.4 Å². The molecule has 17 heavy (non-hydrogen) atoms. The Kier molecular flexibility index (Phi) is 7.17. The van der Waals surface area contributed by atoms with Gasteiger partial charge >= 0.3 is 0 Å². The minimum Gasteiger partial charge on any atom is -0.375 e.